The van der Waals surface area contributed by atoms with Crippen LogP contribution in [0.2, 0.25) is 0 Å². The standard InChI is InChI=1S/C25H24N2O4/c1-15-5-7-17(8-6-15)21-20(23(29)25(2,3)4)22(28)24(30)27(21)18-11-9-16(10-12-18)19-13-14-31-26-19/h5-14,21,28H,1-4H3. The Hall–Kier alpha value is -3.67. The minimum absolute atomic E-state index is 0.127. The first-order valence-corrected chi connectivity index (χ1v) is 10.1. The predicted molar refractivity (Wildman–Crippen MR) is 117 cm³/mol. The highest BCUT2D eigenvalue weighted by Gasteiger charge is 2.46. The van der Waals surface area contributed by atoms with Crippen molar-refractivity contribution in [3.8, 4) is 11.3 Å². The molecule has 0 spiro atoms. The van der Waals surface area contributed by atoms with E-state index in [1.165, 1.54) is 11.2 Å². The number of anilines is 1. The number of aliphatic hydroxyl groups excluding tert-OH is 1. The fraction of sp³-hybridized carbons (Fsp3) is 0.240. The van der Waals surface area contributed by atoms with E-state index in [0.29, 0.717) is 11.4 Å². The van der Waals surface area contributed by atoms with E-state index in [2.05, 4.69) is 5.16 Å². The molecule has 1 atom stereocenters. The molecule has 158 valence electrons. The zero-order valence-electron chi connectivity index (χ0n) is 17.9. The molecule has 0 radical (unpaired) electrons. The van der Waals surface area contributed by atoms with E-state index in [-0.39, 0.29) is 11.4 Å². The van der Waals surface area contributed by atoms with Crippen molar-refractivity contribution in [3.05, 3.63) is 83.3 Å². The van der Waals surface area contributed by atoms with Crippen molar-refractivity contribution in [1.29, 1.82) is 0 Å². The maximum Gasteiger partial charge on any atom is 0.294 e. The van der Waals surface area contributed by atoms with Gasteiger partial charge in [0.15, 0.2) is 11.5 Å². The molecule has 0 saturated carbocycles. The van der Waals surface area contributed by atoms with Crippen LogP contribution in [0, 0.1) is 12.3 Å². The van der Waals surface area contributed by atoms with E-state index in [4.69, 9.17) is 4.52 Å². The molecule has 0 saturated heterocycles. The van der Waals surface area contributed by atoms with Gasteiger partial charge in [-0.25, -0.2) is 0 Å². The zero-order valence-corrected chi connectivity index (χ0v) is 17.9. The summed E-state index contributed by atoms with van der Waals surface area (Å²) in [6, 6.07) is 15.9. The van der Waals surface area contributed by atoms with Gasteiger partial charge in [-0.05, 0) is 24.6 Å². The molecule has 2 aromatic carbocycles. The Kier molecular flexibility index (Phi) is 5.01. The van der Waals surface area contributed by atoms with Crippen LogP contribution < -0.4 is 4.90 Å². The summed E-state index contributed by atoms with van der Waals surface area (Å²) in [5, 5.41) is 14.7. The first-order valence-electron chi connectivity index (χ1n) is 10.1. The second kappa shape index (κ2) is 7.54. The fourth-order valence-electron chi connectivity index (χ4n) is 3.73. The number of aromatic nitrogens is 1. The maximum atomic E-state index is 13.2. The van der Waals surface area contributed by atoms with Crippen molar-refractivity contribution < 1.29 is 19.2 Å². The monoisotopic (exact) mass is 416 g/mol. The van der Waals surface area contributed by atoms with Crippen molar-refractivity contribution in [2.45, 2.75) is 33.7 Å². The van der Waals surface area contributed by atoms with E-state index < -0.39 is 23.1 Å². The third kappa shape index (κ3) is 3.65. The lowest BCUT2D eigenvalue weighted by molar-refractivity contribution is -0.123. The molecule has 0 fully saturated rings. The van der Waals surface area contributed by atoms with Crippen molar-refractivity contribution in [2.75, 3.05) is 4.90 Å². The molecule has 1 N–H and O–H groups in total. The Labute approximate surface area is 180 Å². The number of hydrogen-bond acceptors (Lipinski definition) is 5. The van der Waals surface area contributed by atoms with Crippen LogP contribution >= 0.6 is 0 Å². The van der Waals surface area contributed by atoms with Gasteiger partial charge in [-0.3, -0.25) is 14.5 Å². The second-order valence-corrected chi connectivity index (χ2v) is 8.76. The molecule has 2 heterocycles. The lowest BCUT2D eigenvalue weighted by atomic mass is 9.82. The Morgan fingerprint density at radius 1 is 1.03 bits per heavy atom. The smallest absolute Gasteiger partial charge is 0.294 e. The number of nitrogens with zero attached hydrogens (tertiary/aromatic N) is 2. The van der Waals surface area contributed by atoms with Crippen LogP contribution in [0.4, 0.5) is 5.69 Å². The Bertz CT molecular complexity index is 1150. The third-order valence-corrected chi connectivity index (χ3v) is 5.41. The van der Waals surface area contributed by atoms with Gasteiger partial charge in [0.1, 0.15) is 12.0 Å². The maximum absolute atomic E-state index is 13.2. The lowest BCUT2D eigenvalue weighted by Crippen LogP contribution is -2.32. The summed E-state index contributed by atoms with van der Waals surface area (Å²) in [5.74, 6) is -1.34. The van der Waals surface area contributed by atoms with Crippen LogP contribution in [-0.2, 0) is 9.59 Å². The molecule has 0 bridgehead atoms. The molecule has 6 heteroatoms. The number of ketones is 1. The molecule has 1 aliphatic rings. The van der Waals surface area contributed by atoms with Gasteiger partial charge in [-0.1, -0.05) is 67.9 Å². The lowest BCUT2D eigenvalue weighted by Gasteiger charge is -2.29. The van der Waals surface area contributed by atoms with Gasteiger partial charge in [0.25, 0.3) is 5.91 Å². The molecular formula is C25H24N2O4. The van der Waals surface area contributed by atoms with E-state index in [9.17, 15) is 14.7 Å². The summed E-state index contributed by atoms with van der Waals surface area (Å²) in [7, 11) is 0. The van der Waals surface area contributed by atoms with Crippen LogP contribution in [0.3, 0.4) is 0 Å². The van der Waals surface area contributed by atoms with Gasteiger partial charge in [-0.15, -0.1) is 0 Å². The average Bonchev–Trinajstić information content (AvgIpc) is 3.35. The fourth-order valence-corrected chi connectivity index (χ4v) is 3.73. The van der Waals surface area contributed by atoms with Crippen molar-refractivity contribution >= 4 is 17.4 Å². The average molecular weight is 416 g/mol. The molecule has 1 aromatic heterocycles. The number of carbonyl (C=O) groups is 2. The Morgan fingerprint density at radius 3 is 2.23 bits per heavy atom. The van der Waals surface area contributed by atoms with Gasteiger partial charge in [-0.2, -0.15) is 0 Å². The van der Waals surface area contributed by atoms with Gasteiger partial charge >= 0.3 is 0 Å². The highest BCUT2D eigenvalue weighted by molar-refractivity contribution is 6.17. The number of rotatable bonds is 4. The number of benzene rings is 2. The van der Waals surface area contributed by atoms with Crippen molar-refractivity contribution in [3.63, 3.8) is 0 Å². The van der Waals surface area contributed by atoms with Gasteiger partial charge in [0, 0.05) is 22.7 Å². The minimum Gasteiger partial charge on any atom is -0.503 e. The molecular weight excluding hydrogens is 392 g/mol. The molecule has 4 rings (SSSR count). The summed E-state index contributed by atoms with van der Waals surface area (Å²) >= 11 is 0. The number of aliphatic hydroxyl groups is 1. The van der Waals surface area contributed by atoms with Crippen molar-refractivity contribution in [1.82, 2.24) is 5.16 Å². The molecule has 3 aromatic rings. The van der Waals surface area contributed by atoms with Gasteiger partial charge in [0.2, 0.25) is 0 Å². The van der Waals surface area contributed by atoms with Gasteiger partial charge in [0.05, 0.1) is 11.6 Å². The van der Waals surface area contributed by atoms with Crippen LogP contribution in [0.1, 0.15) is 37.9 Å². The number of amides is 1. The summed E-state index contributed by atoms with van der Waals surface area (Å²) in [6.07, 6.45) is 1.49. The van der Waals surface area contributed by atoms with Crippen LogP contribution in [0.25, 0.3) is 11.3 Å². The molecule has 6 nitrogen and oxygen atoms in total. The normalized spacial score (nSPS) is 16.8. The van der Waals surface area contributed by atoms with E-state index >= 15 is 0 Å². The zero-order chi connectivity index (χ0) is 22.3. The number of carbonyl (C=O) groups excluding carboxylic acids is 2. The van der Waals surface area contributed by atoms with E-state index in [1.54, 1.807) is 39.0 Å². The molecule has 0 aliphatic carbocycles. The molecule has 1 unspecified atom stereocenters. The summed E-state index contributed by atoms with van der Waals surface area (Å²) in [4.78, 5) is 27.9. The van der Waals surface area contributed by atoms with E-state index in [0.717, 1.165) is 16.7 Å². The first-order chi connectivity index (χ1) is 14.7. The molecule has 1 amide bonds. The second-order valence-electron chi connectivity index (χ2n) is 8.76. The Morgan fingerprint density at radius 2 is 1.68 bits per heavy atom. The number of aryl methyl sites for hydroxylation is 1. The van der Waals surface area contributed by atoms with Crippen LogP contribution in [0.5, 0.6) is 0 Å². The summed E-state index contributed by atoms with van der Waals surface area (Å²) < 4.78 is 4.90. The molecule has 31 heavy (non-hydrogen) atoms. The largest absolute Gasteiger partial charge is 0.503 e. The van der Waals surface area contributed by atoms with Crippen LogP contribution in [-0.4, -0.2) is 22.0 Å². The summed E-state index contributed by atoms with van der Waals surface area (Å²) in [5.41, 5.74) is 3.29. The third-order valence-electron chi connectivity index (χ3n) is 5.41. The van der Waals surface area contributed by atoms with E-state index in [1.807, 2.05) is 43.3 Å². The number of hydrogen-bond donors (Lipinski definition) is 1. The molecule has 1 aliphatic heterocycles. The SMILES string of the molecule is Cc1ccc(C2C(C(=O)C(C)(C)C)=C(O)C(=O)N2c2ccc(-c3ccon3)cc2)cc1. The highest BCUT2D eigenvalue weighted by Crippen LogP contribution is 2.43. The minimum atomic E-state index is -0.751. The predicted octanol–water partition coefficient (Wildman–Crippen LogP) is 5.17. The topological polar surface area (TPSA) is 83.6 Å². The first kappa shape index (κ1) is 20.6. The quantitative estimate of drug-likeness (QED) is 0.635. The Balaban J connectivity index is 1.82. The number of Topliss-reactive ketones (excluding diaryl/α,β-unsaturated/α-hetero) is 1. The van der Waals surface area contributed by atoms with Gasteiger partial charge < -0.3 is 9.63 Å². The highest BCUT2D eigenvalue weighted by atomic mass is 16.5. The van der Waals surface area contributed by atoms with Crippen molar-refractivity contribution in [2.24, 2.45) is 5.41 Å². The summed E-state index contributed by atoms with van der Waals surface area (Å²) in [6.45, 7) is 7.31. The van der Waals surface area contributed by atoms with Crippen LogP contribution in [0.15, 0.2) is 76.7 Å².